The van der Waals surface area contributed by atoms with Crippen LogP contribution in [0.5, 0.6) is 0 Å². The van der Waals surface area contributed by atoms with E-state index in [1.807, 2.05) is 0 Å². The zero-order chi connectivity index (χ0) is 4.71. The fourth-order valence-electron chi connectivity index (χ4n) is 0. The molecule has 0 atom stereocenters. The number of hydrogen-bond acceptors (Lipinski definition) is 1. The van der Waals surface area contributed by atoms with Gasteiger partial charge in [-0.25, -0.2) is 0 Å². The molecule has 7 heavy (non-hydrogen) atoms. The third-order valence-electron chi connectivity index (χ3n) is 0. The zero-order valence-electron chi connectivity index (χ0n) is 4.35. The molecule has 3 N–H and O–H groups in total. The van der Waals surface area contributed by atoms with Crippen molar-refractivity contribution in [3.05, 3.63) is 13.1 Å². The van der Waals surface area contributed by atoms with Crippen LogP contribution in [-0.4, -0.2) is 49.3 Å². The van der Waals surface area contributed by atoms with Crippen LogP contribution in [0.1, 0.15) is 6.92 Å². The molecule has 40 valence electrons. The smallest absolute Gasteiger partial charge is 0.693 e. The van der Waals surface area contributed by atoms with Gasteiger partial charge in [0.15, 0.2) is 0 Å². The molecule has 0 aliphatic heterocycles. The van der Waals surface area contributed by atoms with Crippen molar-refractivity contribution >= 4 is 44.2 Å². The summed E-state index contributed by atoms with van der Waals surface area (Å²) in [6.07, 6.45) is 0. The molecule has 0 aromatic heterocycles. The first kappa shape index (κ1) is 25.3. The summed E-state index contributed by atoms with van der Waals surface area (Å²) in [7, 11) is 0. The second kappa shape index (κ2) is 75.8. The third kappa shape index (κ3) is 309. The van der Waals surface area contributed by atoms with Crippen molar-refractivity contribution in [3.8, 4) is 0 Å². The first-order chi connectivity index (χ1) is 2.41. The number of hydrogen-bond donors (Lipinski definition) is 1. The average molecular weight is 130 g/mol. The van der Waals surface area contributed by atoms with Crippen LogP contribution in [0.2, 0.25) is 0 Å². The molecule has 4 heteroatoms. The summed E-state index contributed by atoms with van der Waals surface area (Å²) in [6.45, 7) is 5.50. The second-order valence-corrected chi connectivity index (χ2v) is 0.0913. The summed E-state index contributed by atoms with van der Waals surface area (Å²) in [4.78, 5) is 8.24. The summed E-state index contributed by atoms with van der Waals surface area (Å²) in [5.41, 5.74) is 0. The standard InChI is InChI=1S/C2H5.CHO2.Ca.H2N/c1-2;2-1-3;;/h1H2,2H3;(H,2,3);;1H2/q2*-1;+2;-1. The Bertz CT molecular complexity index is 20.4. The van der Waals surface area contributed by atoms with E-state index in [0.717, 1.165) is 0 Å². The average Bonchev–Trinajstić information content (AvgIpc) is 1.46. The molecule has 0 bridgehead atoms. The molecular formula is C3H8CaNO2-. The Balaban J connectivity index is -0.0000000105. The number of aliphatic hydroxyl groups excluding tert-OH is 1. The normalized spacial score (nSPS) is 2.57. The van der Waals surface area contributed by atoms with E-state index in [1.165, 1.54) is 0 Å². The van der Waals surface area contributed by atoms with Gasteiger partial charge in [-0.05, 0) is 0 Å². The van der Waals surface area contributed by atoms with Crippen molar-refractivity contribution < 1.29 is 9.90 Å². The first-order valence-electron chi connectivity index (χ1n) is 1.13. The third-order valence-corrected chi connectivity index (χ3v) is 0. The van der Waals surface area contributed by atoms with Crippen molar-refractivity contribution in [2.75, 3.05) is 0 Å². The maximum atomic E-state index is 8.24. The van der Waals surface area contributed by atoms with Crippen LogP contribution < -0.4 is 0 Å². The summed E-state index contributed by atoms with van der Waals surface area (Å²) < 4.78 is 0. The Kier molecular flexibility index (Phi) is 274. The van der Waals surface area contributed by atoms with E-state index in [-0.39, 0.29) is 43.9 Å². The van der Waals surface area contributed by atoms with Gasteiger partial charge < -0.3 is 23.0 Å². The minimum Gasteiger partial charge on any atom is -0.693 e. The van der Waals surface area contributed by atoms with Crippen LogP contribution in [0, 0.1) is 6.92 Å². The first-order valence-corrected chi connectivity index (χ1v) is 1.13. The molecule has 0 amide bonds. The quantitative estimate of drug-likeness (QED) is 0.389. The van der Waals surface area contributed by atoms with Crippen LogP contribution in [0.3, 0.4) is 0 Å². The van der Waals surface area contributed by atoms with Gasteiger partial charge in [0, 0.05) is 0 Å². The molecule has 0 aliphatic rings. The maximum Gasteiger partial charge on any atom is 2.00 e. The van der Waals surface area contributed by atoms with E-state index >= 15 is 0 Å². The predicted molar refractivity (Wildman–Crippen MR) is 30.4 cm³/mol. The number of nitrogens with two attached hydrogens (primary N) is 1. The van der Waals surface area contributed by atoms with Gasteiger partial charge in [-0.2, -0.15) is 6.92 Å². The Morgan fingerprint density at radius 2 is 1.57 bits per heavy atom. The summed E-state index contributed by atoms with van der Waals surface area (Å²) >= 11 is 0. The Labute approximate surface area is 73.7 Å². The fourth-order valence-corrected chi connectivity index (χ4v) is 0. The minimum atomic E-state index is 0. The number of rotatable bonds is 0. The van der Waals surface area contributed by atoms with E-state index in [9.17, 15) is 0 Å². The molecule has 0 aromatic rings. The fraction of sp³-hybridized carbons (Fsp3) is 0.333. The van der Waals surface area contributed by atoms with Crippen LogP contribution in [0.4, 0.5) is 0 Å². The Morgan fingerprint density at radius 1 is 1.57 bits per heavy atom. The van der Waals surface area contributed by atoms with Gasteiger partial charge in [0.1, 0.15) is 0 Å². The summed E-state index contributed by atoms with van der Waals surface area (Å²) in [5, 5.41) is 6.76. The van der Waals surface area contributed by atoms with E-state index in [0.29, 0.717) is 6.47 Å². The molecule has 3 nitrogen and oxygen atoms in total. The molecule has 0 aliphatic carbocycles. The summed E-state index contributed by atoms with van der Waals surface area (Å²) in [5.74, 6) is 0. The molecule has 0 spiro atoms. The zero-order valence-corrected chi connectivity index (χ0v) is 6.56. The molecule has 0 rings (SSSR count). The molecule has 0 aromatic carbocycles. The van der Waals surface area contributed by atoms with Gasteiger partial charge >= 0.3 is 37.7 Å². The molecule has 0 saturated heterocycles. The van der Waals surface area contributed by atoms with Crippen LogP contribution in [-0.2, 0) is 4.79 Å². The van der Waals surface area contributed by atoms with Crippen molar-refractivity contribution in [3.63, 3.8) is 0 Å². The second-order valence-electron chi connectivity index (χ2n) is 0.0913. The van der Waals surface area contributed by atoms with Crippen LogP contribution in [0.15, 0.2) is 0 Å². The maximum absolute atomic E-state index is 8.24. The molecule has 0 unspecified atom stereocenters. The van der Waals surface area contributed by atoms with Gasteiger partial charge in [0.2, 0.25) is 0 Å². The Hall–Kier alpha value is 0.690. The van der Waals surface area contributed by atoms with E-state index in [4.69, 9.17) is 9.90 Å². The molecular weight excluding hydrogens is 122 g/mol. The van der Waals surface area contributed by atoms with Crippen molar-refractivity contribution in [1.82, 2.24) is 0 Å². The van der Waals surface area contributed by atoms with Gasteiger partial charge in [0.25, 0.3) is 0 Å². The Morgan fingerprint density at radius 3 is 1.57 bits per heavy atom. The molecule has 0 radical (unpaired) electrons. The van der Waals surface area contributed by atoms with Gasteiger partial charge in [-0.3, -0.25) is 0 Å². The predicted octanol–water partition coefficient (Wildman–Crippen LogP) is 0.788. The van der Waals surface area contributed by atoms with Gasteiger partial charge in [0.05, 0.1) is 0 Å². The van der Waals surface area contributed by atoms with Crippen LogP contribution in [0.25, 0.3) is 6.15 Å². The van der Waals surface area contributed by atoms with E-state index in [2.05, 4.69) is 6.92 Å². The molecule has 0 heterocycles. The van der Waals surface area contributed by atoms with Crippen molar-refractivity contribution in [2.45, 2.75) is 6.92 Å². The van der Waals surface area contributed by atoms with Crippen molar-refractivity contribution in [2.24, 2.45) is 0 Å². The monoisotopic (exact) mass is 130 g/mol. The van der Waals surface area contributed by atoms with Crippen LogP contribution >= 0.6 is 0 Å². The molecule has 0 saturated carbocycles. The minimum absolute atomic E-state index is 0. The SMILES string of the molecule is O=[C-]O.[CH2-]C.[Ca+2].[NH2-]. The van der Waals surface area contributed by atoms with E-state index < -0.39 is 0 Å². The van der Waals surface area contributed by atoms with Gasteiger partial charge in [-0.1, -0.05) is 6.47 Å². The molecule has 0 fully saturated rings. The van der Waals surface area contributed by atoms with E-state index in [1.54, 1.807) is 6.92 Å². The van der Waals surface area contributed by atoms with Gasteiger partial charge in [-0.15, -0.1) is 0 Å². The largest absolute Gasteiger partial charge is 2.00 e. The van der Waals surface area contributed by atoms with Crippen molar-refractivity contribution in [1.29, 1.82) is 0 Å². The topological polar surface area (TPSA) is 70.8 Å². The summed E-state index contributed by atoms with van der Waals surface area (Å²) in [6, 6.07) is 0.